The van der Waals surface area contributed by atoms with Crippen LogP contribution in [0.2, 0.25) is 0 Å². The van der Waals surface area contributed by atoms with Crippen LogP contribution in [0.25, 0.3) is 0 Å². The van der Waals surface area contributed by atoms with E-state index in [0.717, 1.165) is 37.7 Å². The fourth-order valence-corrected chi connectivity index (χ4v) is 13.4. The van der Waals surface area contributed by atoms with Gasteiger partial charge in [0.15, 0.2) is 30.6 Å². The third-order valence-electron chi connectivity index (χ3n) is 17.2. The number of aliphatic hydroxyl groups excluding tert-OH is 5. The molecule has 6 fully saturated rings. The lowest BCUT2D eigenvalue weighted by Gasteiger charge is -2.70. The number of fused-ring (bicyclic) bond motifs is 7. The monoisotopic (exact) mass is 822 g/mol. The molecule has 16 heteroatoms. The zero-order valence-corrected chi connectivity index (χ0v) is 34.4. The van der Waals surface area contributed by atoms with E-state index in [0.29, 0.717) is 25.7 Å². The molecule has 2 aliphatic heterocycles. The van der Waals surface area contributed by atoms with Crippen molar-refractivity contribution in [2.24, 2.45) is 50.2 Å². The predicted octanol–water partition coefficient (Wildman–Crippen LogP) is 2.25. The van der Waals surface area contributed by atoms with Gasteiger partial charge >= 0.3 is 17.9 Å². The van der Waals surface area contributed by atoms with Gasteiger partial charge in [-0.3, -0.25) is 9.59 Å². The van der Waals surface area contributed by atoms with Gasteiger partial charge in [0, 0.05) is 5.92 Å². The van der Waals surface area contributed by atoms with Gasteiger partial charge in [0.2, 0.25) is 0 Å². The summed E-state index contributed by atoms with van der Waals surface area (Å²) in [5.74, 6) is -4.47. The summed E-state index contributed by atoms with van der Waals surface area (Å²) in [5.41, 5.74) is -1.81. The number of allylic oxidation sites excluding steroid dienone is 2. The Kier molecular flexibility index (Phi) is 10.7. The summed E-state index contributed by atoms with van der Waals surface area (Å²) < 4.78 is 23.4. The topological polar surface area (TPSA) is 267 Å². The van der Waals surface area contributed by atoms with Crippen molar-refractivity contribution >= 4 is 23.7 Å². The summed E-state index contributed by atoms with van der Waals surface area (Å²) in [4.78, 5) is 51.3. The molecule has 5 aliphatic carbocycles. The third-order valence-corrected chi connectivity index (χ3v) is 17.2. The minimum Gasteiger partial charge on any atom is -0.481 e. The molecule has 0 bridgehead atoms. The number of carboxylic acids is 3. The van der Waals surface area contributed by atoms with E-state index >= 15 is 0 Å². The summed E-state index contributed by atoms with van der Waals surface area (Å²) >= 11 is 0. The molecule has 0 radical (unpaired) electrons. The molecule has 7 aliphatic rings. The number of hydrogen-bond acceptors (Lipinski definition) is 13. The second-order valence-corrected chi connectivity index (χ2v) is 20.6. The minimum absolute atomic E-state index is 0.0217. The molecule has 8 N–H and O–H groups in total. The Morgan fingerprint density at radius 2 is 1.28 bits per heavy atom. The lowest BCUT2D eigenvalue weighted by molar-refractivity contribution is -0.371. The van der Waals surface area contributed by atoms with E-state index in [1.807, 2.05) is 26.8 Å². The maximum Gasteiger partial charge on any atom is 0.335 e. The lowest BCUT2D eigenvalue weighted by atomic mass is 9.33. The van der Waals surface area contributed by atoms with Crippen LogP contribution in [-0.4, -0.2) is 132 Å². The molecule has 326 valence electrons. The van der Waals surface area contributed by atoms with E-state index in [1.165, 1.54) is 0 Å². The molecule has 16 nitrogen and oxygen atoms in total. The number of aliphatic hydroxyl groups is 5. The van der Waals surface area contributed by atoms with Crippen molar-refractivity contribution in [1.82, 2.24) is 0 Å². The van der Waals surface area contributed by atoms with Gasteiger partial charge in [0.1, 0.15) is 36.6 Å². The molecule has 58 heavy (non-hydrogen) atoms. The highest BCUT2D eigenvalue weighted by atomic mass is 16.8. The summed E-state index contributed by atoms with van der Waals surface area (Å²) in [5, 5.41) is 83.0. The van der Waals surface area contributed by atoms with Crippen LogP contribution in [0.5, 0.6) is 0 Å². The van der Waals surface area contributed by atoms with Crippen LogP contribution in [0.15, 0.2) is 11.6 Å². The van der Waals surface area contributed by atoms with E-state index in [1.54, 1.807) is 0 Å². The van der Waals surface area contributed by atoms with Crippen molar-refractivity contribution in [3.63, 3.8) is 0 Å². The highest BCUT2D eigenvalue weighted by Gasteiger charge is 2.71. The standard InChI is InChI=1S/C42H62O16/c1-37(2)21-8-11-42(7)31(20(43)16-18-19-17-39(4,36(53)54)13-12-38(19,3)14-15-41(18,42)6)40(21,5)10-9-22(37)55-35-30(26(47)25(46)29(57-35)33(51)52)58-34-27(48)23(44)24(45)28(56-34)32(49)50/h16,19,21-31,34-35,44-48H,8-15,17H2,1-7H3,(H,49,50)(H,51,52)(H,53,54)/t19-,21+,22+,23+,24+,25+,26+,27-,28+,29+,30-,31+,34+,35+,38-,39+,40-,41-,42+/m1/s1. The van der Waals surface area contributed by atoms with Crippen molar-refractivity contribution < 1.29 is 79.0 Å². The molecule has 2 saturated heterocycles. The molecule has 4 saturated carbocycles. The van der Waals surface area contributed by atoms with Crippen LogP contribution >= 0.6 is 0 Å². The number of ether oxygens (including phenoxy) is 4. The van der Waals surface area contributed by atoms with Crippen LogP contribution in [0.4, 0.5) is 0 Å². The molecule has 0 spiro atoms. The molecule has 0 amide bonds. The van der Waals surface area contributed by atoms with Gasteiger partial charge in [0.25, 0.3) is 0 Å². The van der Waals surface area contributed by atoms with Gasteiger partial charge in [-0.25, -0.2) is 9.59 Å². The first-order chi connectivity index (χ1) is 26.8. The first-order valence-corrected chi connectivity index (χ1v) is 20.7. The molecule has 0 aromatic carbocycles. The van der Waals surface area contributed by atoms with Gasteiger partial charge in [-0.2, -0.15) is 0 Å². The number of carbonyl (C=O) groups is 4. The Balaban J connectivity index is 1.17. The zero-order valence-electron chi connectivity index (χ0n) is 34.4. The fourth-order valence-electron chi connectivity index (χ4n) is 13.4. The summed E-state index contributed by atoms with van der Waals surface area (Å²) in [6.07, 6.45) is -12.2. The number of carbonyl (C=O) groups excluding carboxylic acids is 1. The molecular weight excluding hydrogens is 760 g/mol. The van der Waals surface area contributed by atoms with Crippen LogP contribution in [-0.2, 0) is 38.1 Å². The van der Waals surface area contributed by atoms with E-state index in [4.69, 9.17) is 18.9 Å². The normalized spacial score (nSPS) is 52.6. The SMILES string of the molecule is CC1(C)[C@@H](O[C@H]2O[C@H](C(=O)O)[C@@H](O)[C@H](O)[C@H]2O[C@@H]2O[C@H](C(=O)O)[C@@H](O)[C@H](O)[C@H]2O)CC[C@]2(C)[C@H]1CC[C@@]1(C)[C@H]2C(=O)C=C2[C@H]3C[C@@](C)(C(=O)O)CC[C@]3(C)CC[C@]21C. The Morgan fingerprint density at radius 3 is 1.88 bits per heavy atom. The lowest BCUT2D eigenvalue weighted by Crippen LogP contribution is -2.68. The maximum absolute atomic E-state index is 14.8. The fraction of sp³-hybridized carbons (Fsp3) is 0.857. The van der Waals surface area contributed by atoms with E-state index in [-0.39, 0.29) is 34.4 Å². The number of rotatable bonds is 7. The zero-order chi connectivity index (χ0) is 42.9. The molecule has 0 aromatic heterocycles. The predicted molar refractivity (Wildman–Crippen MR) is 199 cm³/mol. The second kappa shape index (κ2) is 14.3. The highest BCUT2D eigenvalue weighted by Crippen LogP contribution is 2.75. The molecule has 2 heterocycles. The minimum atomic E-state index is -2.05. The van der Waals surface area contributed by atoms with E-state index in [2.05, 4.69) is 27.7 Å². The number of ketones is 1. The van der Waals surface area contributed by atoms with Crippen LogP contribution in [0.3, 0.4) is 0 Å². The highest BCUT2D eigenvalue weighted by molar-refractivity contribution is 5.95. The van der Waals surface area contributed by atoms with Gasteiger partial charge in [0.05, 0.1) is 11.5 Å². The van der Waals surface area contributed by atoms with Gasteiger partial charge in [-0.15, -0.1) is 0 Å². The Morgan fingerprint density at radius 1 is 0.690 bits per heavy atom. The Hall–Kier alpha value is -2.54. The van der Waals surface area contributed by atoms with Gasteiger partial charge in [-0.05, 0) is 110 Å². The Bertz CT molecular complexity index is 1730. The van der Waals surface area contributed by atoms with Crippen LogP contribution in [0.1, 0.15) is 106 Å². The third kappa shape index (κ3) is 6.25. The summed E-state index contributed by atoms with van der Waals surface area (Å²) in [6, 6.07) is 0. The number of aliphatic carboxylic acids is 3. The molecule has 0 unspecified atom stereocenters. The van der Waals surface area contributed by atoms with Gasteiger partial charge in [-0.1, -0.05) is 47.1 Å². The summed E-state index contributed by atoms with van der Waals surface area (Å²) in [6.45, 7) is 14.8. The van der Waals surface area contributed by atoms with E-state index in [9.17, 15) is 60.0 Å². The van der Waals surface area contributed by atoms with Crippen LogP contribution in [0, 0.1) is 50.2 Å². The smallest absolute Gasteiger partial charge is 0.335 e. The molecular formula is C42H62O16. The largest absolute Gasteiger partial charge is 0.481 e. The Labute approximate surface area is 337 Å². The van der Waals surface area contributed by atoms with Crippen molar-refractivity contribution in [3.8, 4) is 0 Å². The second-order valence-electron chi connectivity index (χ2n) is 20.6. The van der Waals surface area contributed by atoms with Crippen molar-refractivity contribution in [1.29, 1.82) is 0 Å². The quantitative estimate of drug-likeness (QED) is 0.171. The average molecular weight is 823 g/mol. The van der Waals surface area contributed by atoms with Crippen molar-refractivity contribution in [2.45, 2.75) is 174 Å². The van der Waals surface area contributed by atoms with Gasteiger partial charge < -0.3 is 59.8 Å². The number of carboxylic acid groups (broad SMARTS) is 3. The average Bonchev–Trinajstić information content (AvgIpc) is 3.13. The first-order valence-electron chi connectivity index (χ1n) is 20.7. The van der Waals surface area contributed by atoms with Crippen LogP contribution < -0.4 is 0 Å². The maximum atomic E-state index is 14.8. The van der Waals surface area contributed by atoms with Crippen molar-refractivity contribution in [2.75, 3.05) is 0 Å². The first kappa shape index (κ1) is 43.5. The molecule has 0 aromatic rings. The van der Waals surface area contributed by atoms with Crippen molar-refractivity contribution in [3.05, 3.63) is 11.6 Å². The summed E-state index contributed by atoms with van der Waals surface area (Å²) in [7, 11) is 0. The number of hydrogen-bond donors (Lipinski definition) is 8. The van der Waals surface area contributed by atoms with E-state index < -0.39 is 107 Å². The molecule has 7 rings (SSSR count). The molecule has 19 atom stereocenters.